The third-order valence-electron chi connectivity index (χ3n) is 5.81. The Bertz CT molecular complexity index is 1390. The number of carbonyl (C=O) groups excluding carboxylic acids is 1. The highest BCUT2D eigenvalue weighted by Gasteiger charge is 2.17. The first-order chi connectivity index (χ1) is 18.7. The van der Waals surface area contributed by atoms with E-state index >= 15 is 0 Å². The number of aryl methyl sites for hydroxylation is 1. The zero-order valence-corrected chi connectivity index (χ0v) is 23.0. The summed E-state index contributed by atoms with van der Waals surface area (Å²) >= 11 is 0. The summed E-state index contributed by atoms with van der Waals surface area (Å²) in [5, 5.41) is 9.39. The number of carbonyl (C=O) groups is 1. The van der Waals surface area contributed by atoms with Crippen molar-refractivity contribution in [1.29, 1.82) is 0 Å². The van der Waals surface area contributed by atoms with Crippen molar-refractivity contribution in [3.63, 3.8) is 0 Å². The largest absolute Gasteiger partial charge is 0.442 e. The van der Waals surface area contributed by atoms with Gasteiger partial charge in [-0.05, 0) is 58.2 Å². The summed E-state index contributed by atoms with van der Waals surface area (Å²) in [6.45, 7) is 10.2. The summed E-state index contributed by atoms with van der Waals surface area (Å²) in [7, 11) is 0. The summed E-state index contributed by atoms with van der Waals surface area (Å²) in [5.74, 6) is 2.51. The first kappa shape index (κ1) is 27.5. The van der Waals surface area contributed by atoms with E-state index in [-0.39, 0.29) is 11.6 Å². The van der Waals surface area contributed by atoms with Crippen LogP contribution in [-0.4, -0.2) is 38.1 Å². The lowest BCUT2D eigenvalue weighted by molar-refractivity contribution is 0.100. The number of benzene rings is 2. The molecule has 1 amide bonds. The van der Waals surface area contributed by atoms with Gasteiger partial charge < -0.3 is 20.7 Å². The highest BCUT2D eigenvalue weighted by Crippen LogP contribution is 2.22. The van der Waals surface area contributed by atoms with E-state index in [1.165, 1.54) is 0 Å². The van der Waals surface area contributed by atoms with Gasteiger partial charge in [0.05, 0.1) is 0 Å². The highest BCUT2D eigenvalue weighted by molar-refractivity contribution is 5.68. The van der Waals surface area contributed by atoms with Gasteiger partial charge >= 0.3 is 6.09 Å². The predicted octanol–water partition coefficient (Wildman–Crippen LogP) is 6.23. The van der Waals surface area contributed by atoms with E-state index in [2.05, 4.69) is 35.9 Å². The Morgan fingerprint density at radius 3 is 2.44 bits per heavy atom. The van der Waals surface area contributed by atoms with Crippen molar-refractivity contribution in [3.8, 4) is 11.4 Å². The van der Waals surface area contributed by atoms with Crippen LogP contribution in [0.2, 0.25) is 0 Å². The molecule has 0 unspecified atom stereocenters. The van der Waals surface area contributed by atoms with Crippen molar-refractivity contribution < 1.29 is 9.53 Å². The fourth-order valence-corrected chi connectivity index (χ4v) is 3.77. The molecule has 3 N–H and O–H groups in total. The molecular weight excluding hydrogens is 490 g/mol. The number of anilines is 3. The number of ether oxygens (including phenoxy) is 1. The van der Waals surface area contributed by atoms with E-state index in [4.69, 9.17) is 4.74 Å². The number of alkyl carbamates (subject to hydrolysis) is 1. The van der Waals surface area contributed by atoms with Crippen molar-refractivity contribution in [2.24, 2.45) is 0 Å². The van der Waals surface area contributed by atoms with Gasteiger partial charge in [0.15, 0.2) is 5.82 Å². The van der Waals surface area contributed by atoms with Gasteiger partial charge in [-0.25, -0.2) is 19.7 Å². The summed E-state index contributed by atoms with van der Waals surface area (Å²) in [4.78, 5) is 30.1. The van der Waals surface area contributed by atoms with Crippen LogP contribution in [0, 0.1) is 6.92 Å². The quantitative estimate of drug-likeness (QED) is 0.236. The maximum absolute atomic E-state index is 12.0. The first-order valence-corrected chi connectivity index (χ1v) is 13.0. The Hall–Kier alpha value is -4.53. The SMILES string of the molecule is Cc1cnc(-c2ccccc2)nc1Nc1ccnc(NCCc2ccc([C@H](C)OC(=O)NC(C)(C)C)cc2)n1. The molecule has 202 valence electrons. The third kappa shape index (κ3) is 8.23. The molecule has 4 rings (SSSR count). The Labute approximate surface area is 229 Å². The molecule has 2 aromatic carbocycles. The second-order valence-corrected chi connectivity index (χ2v) is 10.3. The van der Waals surface area contributed by atoms with Crippen LogP contribution in [0.25, 0.3) is 11.4 Å². The lowest BCUT2D eigenvalue weighted by Gasteiger charge is -2.22. The average molecular weight is 526 g/mol. The molecule has 0 bridgehead atoms. The molecule has 4 aromatic rings. The number of nitrogens with zero attached hydrogens (tertiary/aromatic N) is 4. The Kier molecular flexibility index (Phi) is 8.70. The monoisotopic (exact) mass is 525 g/mol. The van der Waals surface area contributed by atoms with Crippen LogP contribution in [0.3, 0.4) is 0 Å². The number of aromatic nitrogens is 4. The van der Waals surface area contributed by atoms with E-state index in [0.717, 1.165) is 28.7 Å². The van der Waals surface area contributed by atoms with Crippen molar-refractivity contribution in [2.75, 3.05) is 17.2 Å². The molecule has 0 aliphatic rings. The van der Waals surface area contributed by atoms with Gasteiger partial charge in [-0.1, -0.05) is 54.6 Å². The molecule has 9 heteroatoms. The van der Waals surface area contributed by atoms with Crippen LogP contribution >= 0.6 is 0 Å². The topological polar surface area (TPSA) is 114 Å². The predicted molar refractivity (Wildman–Crippen MR) is 154 cm³/mol. The van der Waals surface area contributed by atoms with E-state index in [1.807, 2.05) is 89.2 Å². The number of hydrogen-bond acceptors (Lipinski definition) is 8. The Morgan fingerprint density at radius 2 is 1.72 bits per heavy atom. The van der Waals surface area contributed by atoms with Crippen LogP contribution in [-0.2, 0) is 11.2 Å². The fraction of sp³-hybridized carbons (Fsp3) is 0.300. The van der Waals surface area contributed by atoms with Crippen LogP contribution in [0.4, 0.5) is 22.4 Å². The van der Waals surface area contributed by atoms with E-state index in [0.29, 0.717) is 30.0 Å². The highest BCUT2D eigenvalue weighted by atomic mass is 16.6. The van der Waals surface area contributed by atoms with Gasteiger partial charge in [0.2, 0.25) is 5.95 Å². The lowest BCUT2D eigenvalue weighted by atomic mass is 10.1. The zero-order valence-electron chi connectivity index (χ0n) is 23.0. The van der Waals surface area contributed by atoms with Crippen LogP contribution < -0.4 is 16.0 Å². The van der Waals surface area contributed by atoms with Gasteiger partial charge in [-0.15, -0.1) is 0 Å². The molecule has 0 saturated heterocycles. The number of nitrogens with one attached hydrogen (secondary N) is 3. The van der Waals surface area contributed by atoms with Crippen LogP contribution in [0.1, 0.15) is 50.5 Å². The fourth-order valence-electron chi connectivity index (χ4n) is 3.77. The molecule has 39 heavy (non-hydrogen) atoms. The molecule has 2 heterocycles. The maximum Gasteiger partial charge on any atom is 0.408 e. The van der Waals surface area contributed by atoms with Crippen LogP contribution in [0.15, 0.2) is 73.1 Å². The van der Waals surface area contributed by atoms with E-state index in [1.54, 1.807) is 18.5 Å². The van der Waals surface area contributed by atoms with Gasteiger partial charge in [0.1, 0.15) is 17.7 Å². The second-order valence-electron chi connectivity index (χ2n) is 10.3. The standard InChI is InChI=1S/C30H35N7O2/c1-20-19-33-27(24-9-7-6-8-10-24)36-26(20)34-25-16-18-32-28(35-25)31-17-15-22-11-13-23(14-12-22)21(2)39-29(38)37-30(3,4)5/h6-14,16,18-19,21H,15,17H2,1-5H3,(H,37,38)(H2,31,32,33,34,35,36)/t21-/m0/s1. The number of amides is 1. The molecule has 0 spiro atoms. The molecule has 0 fully saturated rings. The first-order valence-electron chi connectivity index (χ1n) is 13.0. The van der Waals surface area contributed by atoms with Crippen molar-refractivity contribution in [1.82, 2.24) is 25.3 Å². The molecule has 9 nitrogen and oxygen atoms in total. The van der Waals surface area contributed by atoms with Gasteiger partial charge in [0.25, 0.3) is 0 Å². The van der Waals surface area contributed by atoms with Crippen molar-refractivity contribution in [3.05, 3.63) is 89.7 Å². The van der Waals surface area contributed by atoms with E-state index in [9.17, 15) is 4.79 Å². The van der Waals surface area contributed by atoms with Gasteiger partial charge in [-0.2, -0.15) is 4.98 Å². The minimum Gasteiger partial charge on any atom is -0.442 e. The summed E-state index contributed by atoms with van der Waals surface area (Å²) in [6, 6.07) is 19.7. The Morgan fingerprint density at radius 1 is 0.974 bits per heavy atom. The minimum atomic E-state index is -0.425. The van der Waals surface area contributed by atoms with Gasteiger partial charge in [0, 0.05) is 35.6 Å². The average Bonchev–Trinajstić information content (AvgIpc) is 2.90. The zero-order chi connectivity index (χ0) is 27.8. The summed E-state index contributed by atoms with van der Waals surface area (Å²) in [6.07, 6.45) is 3.53. The summed E-state index contributed by atoms with van der Waals surface area (Å²) < 4.78 is 5.49. The van der Waals surface area contributed by atoms with Gasteiger partial charge in [-0.3, -0.25) is 0 Å². The minimum absolute atomic E-state index is 0.340. The molecule has 0 aliphatic carbocycles. The second kappa shape index (κ2) is 12.3. The lowest BCUT2D eigenvalue weighted by Crippen LogP contribution is -2.41. The normalized spacial score (nSPS) is 11.9. The molecule has 0 radical (unpaired) electrons. The molecule has 0 saturated carbocycles. The van der Waals surface area contributed by atoms with Crippen LogP contribution in [0.5, 0.6) is 0 Å². The smallest absolute Gasteiger partial charge is 0.408 e. The Balaban J connectivity index is 1.31. The molecule has 2 aromatic heterocycles. The van der Waals surface area contributed by atoms with E-state index < -0.39 is 6.09 Å². The number of rotatable bonds is 9. The molecule has 0 aliphatic heterocycles. The van der Waals surface area contributed by atoms with Crippen molar-refractivity contribution in [2.45, 2.75) is 52.7 Å². The molecule has 1 atom stereocenters. The maximum atomic E-state index is 12.0. The summed E-state index contributed by atoms with van der Waals surface area (Å²) in [5.41, 5.74) is 3.62. The van der Waals surface area contributed by atoms with Crippen molar-refractivity contribution >= 4 is 23.7 Å². The molecular formula is C30H35N7O2. The number of hydrogen-bond donors (Lipinski definition) is 3. The third-order valence-corrected chi connectivity index (χ3v) is 5.81.